The first-order valence-corrected chi connectivity index (χ1v) is 0.532. The molecule has 0 fully saturated rings. The van der Waals surface area contributed by atoms with Crippen molar-refractivity contribution >= 4 is 18.9 Å². The summed E-state index contributed by atoms with van der Waals surface area (Å²) in [6.45, 7) is 0. The monoisotopic (exact) mass is 99.0 g/mol. The van der Waals surface area contributed by atoms with Crippen LogP contribution in [0.25, 0.3) is 0 Å². The summed E-state index contributed by atoms with van der Waals surface area (Å²) >= 11 is 2.62. The molecule has 0 atom stereocenters. The number of hydrogen-bond acceptors (Lipinski definition) is 1. The topological polar surface area (TPSA) is 48.6 Å². The predicted octanol–water partition coefficient (Wildman–Crippen LogP) is -1.33. The molecule has 0 bridgehead atoms. The fourth-order valence-electron chi connectivity index (χ4n) is 0. The third-order valence-electron chi connectivity index (χ3n) is 0. The molecule has 0 spiro atoms. The summed E-state index contributed by atoms with van der Waals surface area (Å²) < 4.78 is 7.88. The summed E-state index contributed by atoms with van der Waals surface area (Å²) in [5.41, 5.74) is 0. The minimum absolute atomic E-state index is 0. The van der Waals surface area contributed by atoms with Crippen LogP contribution in [-0.4, -0.2) is 24.3 Å². The summed E-state index contributed by atoms with van der Waals surface area (Å²) in [6, 6.07) is 0. The van der Waals surface area contributed by atoms with Crippen LogP contribution in [0.2, 0.25) is 0 Å². The van der Waals surface area contributed by atoms with Crippen molar-refractivity contribution in [3.63, 3.8) is 0 Å². The first-order chi connectivity index (χ1) is 1.00. The second-order valence-corrected chi connectivity index (χ2v) is 0. The van der Waals surface area contributed by atoms with Crippen molar-refractivity contribution in [2.75, 3.05) is 0 Å². The molecular weight excluding hydrogens is 97.6 g/mol. The van der Waals surface area contributed by atoms with Gasteiger partial charge in [-0.05, 0) is 0 Å². The molecule has 0 unspecified atom stereocenters. The summed E-state index contributed by atoms with van der Waals surface area (Å²) in [4.78, 5) is 0. The normalized spacial score (nSPS) is 1.50. The SMILES string of the molecule is O.[Li].[O]=[Ni]. The number of rotatable bonds is 0. The zero-order valence-corrected chi connectivity index (χ0v) is 3.21. The van der Waals surface area contributed by atoms with Gasteiger partial charge in [0.15, 0.2) is 0 Å². The van der Waals surface area contributed by atoms with Crippen LogP contribution in [0.4, 0.5) is 0 Å². The molecule has 4 heteroatoms. The maximum absolute atomic E-state index is 7.88. The Morgan fingerprint density at radius 1 is 1.25 bits per heavy atom. The number of hydrogen-bond donors (Lipinski definition) is 0. The Balaban J connectivity index is -0.00000000500. The van der Waals surface area contributed by atoms with Gasteiger partial charge in [-0.15, -0.1) is 0 Å². The standard InChI is InChI=1S/Li.Ni.H2O.O/h;;1H2;. The quantitative estimate of drug-likeness (QED) is 0.348. The molecule has 0 aliphatic rings. The van der Waals surface area contributed by atoms with E-state index in [0.29, 0.717) is 0 Å². The van der Waals surface area contributed by atoms with E-state index >= 15 is 0 Å². The van der Waals surface area contributed by atoms with Gasteiger partial charge in [0.1, 0.15) is 0 Å². The van der Waals surface area contributed by atoms with Gasteiger partial charge in [-0.1, -0.05) is 0 Å². The van der Waals surface area contributed by atoms with E-state index in [0.717, 1.165) is 0 Å². The molecule has 0 heterocycles. The molecule has 2 nitrogen and oxygen atoms in total. The van der Waals surface area contributed by atoms with Crippen molar-refractivity contribution in [1.29, 1.82) is 0 Å². The average molecular weight is 99.6 g/mol. The molecule has 4 heavy (non-hydrogen) atoms. The van der Waals surface area contributed by atoms with Gasteiger partial charge >= 0.3 is 19.3 Å². The molecule has 0 aliphatic carbocycles. The summed E-state index contributed by atoms with van der Waals surface area (Å²) in [6.07, 6.45) is 0. The Kier molecular flexibility index (Phi) is 227. The Labute approximate surface area is 44.0 Å². The third-order valence-corrected chi connectivity index (χ3v) is 0. The maximum atomic E-state index is 7.88. The molecule has 0 amide bonds. The van der Waals surface area contributed by atoms with Crippen LogP contribution in [0.1, 0.15) is 0 Å². The summed E-state index contributed by atoms with van der Waals surface area (Å²) in [7, 11) is 0. The summed E-state index contributed by atoms with van der Waals surface area (Å²) in [5.74, 6) is 0. The van der Waals surface area contributed by atoms with Gasteiger partial charge in [-0.2, -0.15) is 0 Å². The van der Waals surface area contributed by atoms with Gasteiger partial charge in [0, 0.05) is 18.9 Å². The molecule has 1 radical (unpaired) electrons. The molecule has 0 aromatic rings. The Hall–Kier alpha value is 0.851. The van der Waals surface area contributed by atoms with Gasteiger partial charge in [0.25, 0.3) is 0 Å². The van der Waals surface area contributed by atoms with Crippen LogP contribution in [0, 0.1) is 0 Å². The molecule has 0 aromatic carbocycles. The van der Waals surface area contributed by atoms with Crippen molar-refractivity contribution < 1.29 is 24.8 Å². The molecule has 25 valence electrons. The van der Waals surface area contributed by atoms with Crippen LogP contribution in [0.3, 0.4) is 0 Å². The third kappa shape index (κ3) is 13.5. The van der Waals surface area contributed by atoms with Gasteiger partial charge < -0.3 is 5.48 Å². The van der Waals surface area contributed by atoms with Crippen molar-refractivity contribution in [2.24, 2.45) is 0 Å². The Bertz CT molecular complexity index is 6.00. The molecule has 2 N–H and O–H groups in total. The van der Waals surface area contributed by atoms with E-state index in [2.05, 4.69) is 15.4 Å². The molecule has 0 aromatic heterocycles. The van der Waals surface area contributed by atoms with Crippen molar-refractivity contribution in [1.82, 2.24) is 0 Å². The summed E-state index contributed by atoms with van der Waals surface area (Å²) in [5, 5.41) is 0. The van der Waals surface area contributed by atoms with Crippen LogP contribution in [0.5, 0.6) is 0 Å². The zero-order valence-electron chi connectivity index (χ0n) is 2.22. The van der Waals surface area contributed by atoms with Crippen LogP contribution in [0.15, 0.2) is 0 Å². The van der Waals surface area contributed by atoms with Crippen LogP contribution >= 0.6 is 0 Å². The van der Waals surface area contributed by atoms with Crippen LogP contribution in [-0.2, 0) is 19.3 Å². The molecule has 0 saturated carbocycles. The second-order valence-electron chi connectivity index (χ2n) is 0. The fraction of sp³-hybridized carbons (Fsp3) is 0. The first kappa shape index (κ1) is 21.0. The molecule has 0 aliphatic heterocycles. The Morgan fingerprint density at radius 3 is 1.25 bits per heavy atom. The van der Waals surface area contributed by atoms with E-state index in [-0.39, 0.29) is 24.3 Å². The van der Waals surface area contributed by atoms with E-state index in [1.54, 1.807) is 0 Å². The van der Waals surface area contributed by atoms with E-state index in [9.17, 15) is 0 Å². The van der Waals surface area contributed by atoms with E-state index in [4.69, 9.17) is 3.90 Å². The Morgan fingerprint density at radius 2 is 1.25 bits per heavy atom. The predicted molar refractivity (Wildman–Crippen MR) is 10.1 cm³/mol. The van der Waals surface area contributed by atoms with Crippen molar-refractivity contribution in [2.45, 2.75) is 0 Å². The molecular formula is H2LiNiO2. The van der Waals surface area contributed by atoms with E-state index in [1.165, 1.54) is 0 Å². The fourth-order valence-corrected chi connectivity index (χ4v) is 0. The van der Waals surface area contributed by atoms with Gasteiger partial charge in [-0.3, -0.25) is 0 Å². The van der Waals surface area contributed by atoms with Crippen LogP contribution < -0.4 is 0 Å². The molecule has 0 rings (SSSR count). The van der Waals surface area contributed by atoms with E-state index in [1.807, 2.05) is 0 Å². The van der Waals surface area contributed by atoms with Gasteiger partial charge in [0.2, 0.25) is 0 Å². The average Bonchev–Trinajstić information content (AvgIpc) is 1.00. The minimum atomic E-state index is 0. The van der Waals surface area contributed by atoms with Gasteiger partial charge in [0.05, 0.1) is 0 Å². The molecule has 0 saturated heterocycles. The first-order valence-electron chi connectivity index (χ1n) is 0.129. The van der Waals surface area contributed by atoms with Crippen molar-refractivity contribution in [3.8, 4) is 0 Å². The zero-order chi connectivity index (χ0) is 2.00. The second kappa shape index (κ2) is 43.2. The van der Waals surface area contributed by atoms with E-state index < -0.39 is 0 Å². The van der Waals surface area contributed by atoms with Crippen molar-refractivity contribution in [3.05, 3.63) is 0 Å². The van der Waals surface area contributed by atoms with Gasteiger partial charge in [-0.25, -0.2) is 0 Å².